The Kier molecular flexibility index (Phi) is 12.6. The normalized spacial score (nSPS) is 12.4. The molecule has 114 valence electrons. The molecular formula is C19H38. The lowest BCUT2D eigenvalue weighted by Crippen LogP contribution is -2.03. The van der Waals surface area contributed by atoms with Gasteiger partial charge in [-0.25, -0.2) is 0 Å². The van der Waals surface area contributed by atoms with E-state index in [9.17, 15) is 0 Å². The molecule has 19 heavy (non-hydrogen) atoms. The summed E-state index contributed by atoms with van der Waals surface area (Å²) in [5, 5.41) is 0. The summed E-state index contributed by atoms with van der Waals surface area (Å²) < 4.78 is 0. The highest BCUT2D eigenvalue weighted by Gasteiger charge is 2.08. The molecule has 0 aliphatic rings. The fourth-order valence-corrected chi connectivity index (χ4v) is 2.37. The van der Waals surface area contributed by atoms with Crippen molar-refractivity contribution >= 4 is 0 Å². The monoisotopic (exact) mass is 266 g/mol. The summed E-state index contributed by atoms with van der Waals surface area (Å²) >= 11 is 0. The van der Waals surface area contributed by atoms with Gasteiger partial charge in [0, 0.05) is 0 Å². The number of rotatable bonds is 12. The fourth-order valence-electron chi connectivity index (χ4n) is 2.37. The Labute approximate surface area is 123 Å². The molecule has 0 fully saturated rings. The van der Waals surface area contributed by atoms with Crippen molar-refractivity contribution in [2.75, 3.05) is 0 Å². The lowest BCUT2D eigenvalue weighted by molar-refractivity contribution is 0.358. The van der Waals surface area contributed by atoms with Crippen LogP contribution in [-0.4, -0.2) is 0 Å². The molecule has 0 heteroatoms. The molecule has 0 aromatic carbocycles. The van der Waals surface area contributed by atoms with Crippen LogP contribution >= 0.6 is 0 Å². The van der Waals surface area contributed by atoms with Crippen LogP contribution in [0.3, 0.4) is 0 Å². The predicted octanol–water partition coefficient (Wildman–Crippen LogP) is 7.29. The number of allylic oxidation sites excluding steroid dienone is 2. The van der Waals surface area contributed by atoms with Gasteiger partial charge in [0.1, 0.15) is 0 Å². The van der Waals surface area contributed by atoms with Gasteiger partial charge >= 0.3 is 0 Å². The molecule has 0 radical (unpaired) electrons. The molecule has 0 nitrogen and oxygen atoms in total. The van der Waals surface area contributed by atoms with Gasteiger partial charge in [-0.1, -0.05) is 84.8 Å². The number of hydrogen-bond donors (Lipinski definition) is 0. The quantitative estimate of drug-likeness (QED) is 0.257. The van der Waals surface area contributed by atoms with Gasteiger partial charge in [0.2, 0.25) is 0 Å². The molecule has 0 aliphatic carbocycles. The van der Waals surface area contributed by atoms with E-state index >= 15 is 0 Å². The maximum Gasteiger partial charge on any atom is -0.0351 e. The van der Waals surface area contributed by atoms with Crippen LogP contribution in [0.25, 0.3) is 0 Å². The summed E-state index contributed by atoms with van der Waals surface area (Å²) in [6, 6.07) is 0. The smallest absolute Gasteiger partial charge is 0.0351 e. The molecule has 0 atom stereocenters. The molecule has 0 spiro atoms. The summed E-state index contributed by atoms with van der Waals surface area (Å²) in [7, 11) is 0. The van der Waals surface area contributed by atoms with Gasteiger partial charge < -0.3 is 0 Å². The van der Waals surface area contributed by atoms with Crippen LogP contribution in [0, 0.1) is 5.41 Å². The van der Waals surface area contributed by atoms with Gasteiger partial charge in [-0.3, -0.25) is 0 Å². The van der Waals surface area contributed by atoms with E-state index in [1.807, 2.05) is 0 Å². The van der Waals surface area contributed by atoms with Crippen LogP contribution in [0.15, 0.2) is 12.2 Å². The Morgan fingerprint density at radius 2 is 1.11 bits per heavy atom. The van der Waals surface area contributed by atoms with Gasteiger partial charge in [0.25, 0.3) is 0 Å². The maximum atomic E-state index is 2.41. The lowest BCUT2D eigenvalue weighted by atomic mass is 9.89. The van der Waals surface area contributed by atoms with Crippen molar-refractivity contribution in [2.45, 2.75) is 105 Å². The molecule has 0 aromatic heterocycles. The standard InChI is InChI=1S/C19H38/c1-5-6-7-8-9-10-11-12-13-14-15-16-17-18-19(2,3)4/h12-13H,5-11,14-18H2,1-4H3/b13-12+. The van der Waals surface area contributed by atoms with Gasteiger partial charge in [-0.05, 0) is 37.5 Å². The van der Waals surface area contributed by atoms with E-state index < -0.39 is 0 Å². The minimum atomic E-state index is 0.521. The van der Waals surface area contributed by atoms with Crippen LogP contribution in [0.5, 0.6) is 0 Å². The zero-order valence-electron chi connectivity index (χ0n) is 14.1. The van der Waals surface area contributed by atoms with Crippen molar-refractivity contribution in [1.29, 1.82) is 0 Å². The summed E-state index contributed by atoms with van der Waals surface area (Å²) in [5.41, 5.74) is 0.521. The zero-order valence-corrected chi connectivity index (χ0v) is 14.1. The first-order chi connectivity index (χ1) is 9.06. The molecule has 0 amide bonds. The highest BCUT2D eigenvalue weighted by molar-refractivity contribution is 4.81. The second-order valence-electron chi connectivity index (χ2n) is 7.19. The summed E-state index contributed by atoms with van der Waals surface area (Å²) in [6.07, 6.45) is 21.4. The van der Waals surface area contributed by atoms with Crippen LogP contribution in [0.2, 0.25) is 0 Å². The molecule has 0 bridgehead atoms. The van der Waals surface area contributed by atoms with Gasteiger partial charge in [-0.15, -0.1) is 0 Å². The SMILES string of the molecule is CCCCCCCC/C=C/CCCCCC(C)(C)C. The number of unbranched alkanes of at least 4 members (excludes halogenated alkanes) is 9. The summed E-state index contributed by atoms with van der Waals surface area (Å²) in [4.78, 5) is 0. The first-order valence-electron chi connectivity index (χ1n) is 8.71. The van der Waals surface area contributed by atoms with E-state index in [-0.39, 0.29) is 0 Å². The van der Waals surface area contributed by atoms with Crippen LogP contribution in [0.1, 0.15) is 105 Å². The highest BCUT2D eigenvalue weighted by Crippen LogP contribution is 2.22. The van der Waals surface area contributed by atoms with Crippen molar-refractivity contribution in [1.82, 2.24) is 0 Å². The van der Waals surface area contributed by atoms with Crippen molar-refractivity contribution in [3.8, 4) is 0 Å². The molecule has 0 unspecified atom stereocenters. The lowest BCUT2D eigenvalue weighted by Gasteiger charge is -2.17. The second-order valence-corrected chi connectivity index (χ2v) is 7.19. The Morgan fingerprint density at radius 1 is 0.632 bits per heavy atom. The third-order valence-electron chi connectivity index (χ3n) is 3.69. The Morgan fingerprint density at radius 3 is 1.63 bits per heavy atom. The largest absolute Gasteiger partial charge is 0.0885 e. The van der Waals surface area contributed by atoms with Crippen molar-refractivity contribution in [3.63, 3.8) is 0 Å². The second kappa shape index (κ2) is 12.8. The van der Waals surface area contributed by atoms with Gasteiger partial charge in [0.05, 0.1) is 0 Å². The first kappa shape index (κ1) is 18.7. The average Bonchev–Trinajstić information content (AvgIpc) is 2.34. The van der Waals surface area contributed by atoms with Gasteiger partial charge in [-0.2, -0.15) is 0 Å². The van der Waals surface area contributed by atoms with Crippen molar-refractivity contribution in [2.24, 2.45) is 5.41 Å². The summed E-state index contributed by atoms with van der Waals surface area (Å²) in [5.74, 6) is 0. The number of hydrogen-bond acceptors (Lipinski definition) is 0. The molecule has 0 N–H and O–H groups in total. The molecular weight excluding hydrogens is 228 g/mol. The van der Waals surface area contributed by atoms with Crippen LogP contribution < -0.4 is 0 Å². The first-order valence-corrected chi connectivity index (χ1v) is 8.71. The fraction of sp³-hybridized carbons (Fsp3) is 0.895. The van der Waals surface area contributed by atoms with E-state index in [4.69, 9.17) is 0 Å². The minimum Gasteiger partial charge on any atom is -0.0885 e. The predicted molar refractivity (Wildman–Crippen MR) is 89.7 cm³/mol. The molecule has 0 aliphatic heterocycles. The average molecular weight is 267 g/mol. The zero-order chi connectivity index (χ0) is 14.4. The summed E-state index contributed by atoms with van der Waals surface area (Å²) in [6.45, 7) is 9.30. The van der Waals surface area contributed by atoms with Crippen molar-refractivity contribution in [3.05, 3.63) is 12.2 Å². The van der Waals surface area contributed by atoms with E-state index in [1.54, 1.807) is 0 Å². The van der Waals surface area contributed by atoms with Gasteiger partial charge in [0.15, 0.2) is 0 Å². The molecule has 0 rings (SSSR count). The minimum absolute atomic E-state index is 0.521. The molecule has 0 heterocycles. The topological polar surface area (TPSA) is 0 Å². The van der Waals surface area contributed by atoms with E-state index in [0.29, 0.717) is 5.41 Å². The Bertz CT molecular complexity index is 195. The van der Waals surface area contributed by atoms with Crippen LogP contribution in [0.4, 0.5) is 0 Å². The van der Waals surface area contributed by atoms with E-state index in [0.717, 1.165) is 0 Å². The molecule has 0 saturated carbocycles. The molecule has 0 aromatic rings. The van der Waals surface area contributed by atoms with E-state index in [2.05, 4.69) is 39.8 Å². The maximum absolute atomic E-state index is 2.41. The van der Waals surface area contributed by atoms with Crippen molar-refractivity contribution < 1.29 is 0 Å². The van der Waals surface area contributed by atoms with E-state index in [1.165, 1.54) is 77.0 Å². The Balaban J connectivity index is 3.13. The third-order valence-corrected chi connectivity index (χ3v) is 3.69. The molecule has 0 saturated heterocycles. The Hall–Kier alpha value is -0.260. The van der Waals surface area contributed by atoms with Crippen LogP contribution in [-0.2, 0) is 0 Å². The third kappa shape index (κ3) is 17.7. The highest BCUT2D eigenvalue weighted by atomic mass is 14.1.